The first-order valence-corrected chi connectivity index (χ1v) is 7.36. The van der Waals surface area contributed by atoms with E-state index in [4.69, 9.17) is 4.74 Å². The maximum absolute atomic E-state index is 12.1. The van der Waals surface area contributed by atoms with Crippen LogP contribution < -0.4 is 10.6 Å². The topological polar surface area (TPSA) is 67.4 Å². The zero-order valence-corrected chi connectivity index (χ0v) is 11.7. The van der Waals surface area contributed by atoms with Crippen molar-refractivity contribution < 1.29 is 14.3 Å². The number of thiophene rings is 1. The zero-order chi connectivity index (χ0) is 13.7. The number of carbonyl (C=O) groups excluding carboxylic acids is 2. The molecule has 0 aliphatic carbocycles. The van der Waals surface area contributed by atoms with Crippen molar-refractivity contribution in [2.24, 2.45) is 5.92 Å². The van der Waals surface area contributed by atoms with Crippen LogP contribution in [0.5, 0.6) is 0 Å². The molecule has 2 N–H and O–H groups in total. The monoisotopic (exact) mass is 282 g/mol. The third kappa shape index (κ3) is 3.54. The summed E-state index contributed by atoms with van der Waals surface area (Å²) in [6, 6.07) is 1.68. The smallest absolute Gasteiger partial charge is 0.341 e. The molecule has 1 fully saturated rings. The quantitative estimate of drug-likeness (QED) is 0.827. The van der Waals surface area contributed by atoms with Crippen molar-refractivity contribution in [1.29, 1.82) is 0 Å². The Kier molecular flexibility index (Phi) is 4.93. The molecule has 0 radical (unpaired) electrons. The fourth-order valence-electron chi connectivity index (χ4n) is 2.07. The number of piperidine rings is 1. The van der Waals surface area contributed by atoms with Crippen LogP contribution in [-0.2, 0) is 9.53 Å². The van der Waals surface area contributed by atoms with E-state index < -0.39 is 0 Å². The van der Waals surface area contributed by atoms with Crippen LogP contribution in [0.3, 0.4) is 0 Å². The summed E-state index contributed by atoms with van der Waals surface area (Å²) in [6.07, 6.45) is 1.90. The molecule has 1 aromatic heterocycles. The second-order valence-corrected chi connectivity index (χ2v) is 5.33. The number of rotatable bonds is 4. The number of carbonyl (C=O) groups is 2. The van der Waals surface area contributed by atoms with Crippen molar-refractivity contribution in [3.63, 3.8) is 0 Å². The SMILES string of the molecule is CCOC(=O)c1ccsc1NC(=O)[C@H]1CCCNC1. The fourth-order valence-corrected chi connectivity index (χ4v) is 2.84. The summed E-state index contributed by atoms with van der Waals surface area (Å²) >= 11 is 1.34. The summed E-state index contributed by atoms with van der Waals surface area (Å²) in [5.74, 6) is -0.438. The average Bonchev–Trinajstić information content (AvgIpc) is 2.88. The van der Waals surface area contributed by atoms with Crippen molar-refractivity contribution in [2.75, 3.05) is 25.0 Å². The van der Waals surface area contributed by atoms with Crippen molar-refractivity contribution >= 4 is 28.2 Å². The molecule has 6 heteroatoms. The molecular weight excluding hydrogens is 264 g/mol. The largest absolute Gasteiger partial charge is 0.462 e. The number of anilines is 1. The van der Waals surface area contributed by atoms with Gasteiger partial charge in [-0.1, -0.05) is 0 Å². The van der Waals surface area contributed by atoms with Crippen molar-refractivity contribution in [1.82, 2.24) is 5.32 Å². The third-order valence-electron chi connectivity index (χ3n) is 3.06. The zero-order valence-electron chi connectivity index (χ0n) is 10.9. The second-order valence-electron chi connectivity index (χ2n) is 4.42. The van der Waals surface area contributed by atoms with Gasteiger partial charge in [-0.05, 0) is 37.8 Å². The molecule has 0 aromatic carbocycles. The predicted molar refractivity (Wildman–Crippen MR) is 74.5 cm³/mol. The lowest BCUT2D eigenvalue weighted by atomic mass is 9.99. The molecule has 1 aliphatic heterocycles. The van der Waals surface area contributed by atoms with Gasteiger partial charge in [0.1, 0.15) is 5.00 Å². The maximum atomic E-state index is 12.1. The molecule has 5 nitrogen and oxygen atoms in total. The van der Waals surface area contributed by atoms with Crippen molar-refractivity contribution in [3.8, 4) is 0 Å². The van der Waals surface area contributed by atoms with Crippen LogP contribution in [0.4, 0.5) is 5.00 Å². The molecule has 1 saturated heterocycles. The van der Waals surface area contributed by atoms with E-state index in [9.17, 15) is 9.59 Å². The lowest BCUT2D eigenvalue weighted by Gasteiger charge is -2.21. The molecule has 0 unspecified atom stereocenters. The van der Waals surface area contributed by atoms with Crippen LogP contribution in [0.1, 0.15) is 30.1 Å². The molecule has 0 saturated carbocycles. The van der Waals surface area contributed by atoms with Crippen molar-refractivity contribution in [2.45, 2.75) is 19.8 Å². The Morgan fingerprint density at radius 1 is 1.58 bits per heavy atom. The maximum Gasteiger partial charge on any atom is 0.341 e. The molecule has 2 heterocycles. The summed E-state index contributed by atoms with van der Waals surface area (Å²) in [4.78, 5) is 23.8. The summed E-state index contributed by atoms with van der Waals surface area (Å²) in [7, 11) is 0. The molecule has 1 amide bonds. The van der Waals surface area contributed by atoms with Gasteiger partial charge in [-0.25, -0.2) is 4.79 Å². The van der Waals surface area contributed by atoms with Gasteiger partial charge in [0.25, 0.3) is 0 Å². The average molecular weight is 282 g/mol. The Morgan fingerprint density at radius 2 is 2.42 bits per heavy atom. The fraction of sp³-hybridized carbons (Fsp3) is 0.538. The summed E-state index contributed by atoms with van der Waals surface area (Å²) in [6.45, 7) is 3.76. The van der Waals surface area contributed by atoms with Gasteiger partial charge in [-0.2, -0.15) is 0 Å². The van der Waals surface area contributed by atoms with Gasteiger partial charge in [0.05, 0.1) is 18.1 Å². The molecule has 1 aliphatic rings. The van der Waals surface area contributed by atoms with Gasteiger partial charge in [-0.3, -0.25) is 4.79 Å². The minimum Gasteiger partial charge on any atom is -0.462 e. The van der Waals surface area contributed by atoms with Crippen LogP contribution in [0.25, 0.3) is 0 Å². The Labute approximate surface area is 116 Å². The number of hydrogen-bond donors (Lipinski definition) is 2. The van der Waals surface area contributed by atoms with E-state index >= 15 is 0 Å². The highest BCUT2D eigenvalue weighted by Crippen LogP contribution is 2.25. The van der Waals surface area contributed by atoms with Crippen LogP contribution in [0, 0.1) is 5.92 Å². The van der Waals surface area contributed by atoms with Crippen molar-refractivity contribution in [3.05, 3.63) is 17.0 Å². The molecular formula is C13H18N2O3S. The first kappa shape index (κ1) is 14.0. The highest BCUT2D eigenvalue weighted by Gasteiger charge is 2.23. The van der Waals surface area contributed by atoms with Crippen LogP contribution in [-0.4, -0.2) is 31.6 Å². The molecule has 1 aromatic rings. The lowest BCUT2D eigenvalue weighted by molar-refractivity contribution is -0.120. The highest BCUT2D eigenvalue weighted by molar-refractivity contribution is 7.14. The molecule has 0 bridgehead atoms. The molecule has 1 atom stereocenters. The van der Waals surface area contributed by atoms with Crippen LogP contribution in [0.15, 0.2) is 11.4 Å². The van der Waals surface area contributed by atoms with Gasteiger partial charge in [0.2, 0.25) is 5.91 Å². The van der Waals surface area contributed by atoms with E-state index in [1.165, 1.54) is 11.3 Å². The number of ether oxygens (including phenoxy) is 1. The second kappa shape index (κ2) is 6.68. The lowest BCUT2D eigenvalue weighted by Crippen LogP contribution is -2.37. The summed E-state index contributed by atoms with van der Waals surface area (Å²) in [5.41, 5.74) is 0.434. The van der Waals surface area contributed by atoms with Gasteiger partial charge in [-0.15, -0.1) is 11.3 Å². The van der Waals surface area contributed by atoms with Crippen LogP contribution in [0.2, 0.25) is 0 Å². The number of nitrogens with one attached hydrogen (secondary N) is 2. The first-order valence-electron chi connectivity index (χ1n) is 6.48. The third-order valence-corrected chi connectivity index (χ3v) is 3.89. The Bertz CT molecular complexity index is 452. The van der Waals surface area contributed by atoms with Gasteiger partial charge < -0.3 is 15.4 Å². The number of esters is 1. The van der Waals surface area contributed by atoms with E-state index in [1.54, 1.807) is 18.4 Å². The molecule has 2 rings (SSSR count). The number of hydrogen-bond acceptors (Lipinski definition) is 5. The Hall–Kier alpha value is -1.40. The summed E-state index contributed by atoms with van der Waals surface area (Å²) < 4.78 is 4.96. The summed E-state index contributed by atoms with van der Waals surface area (Å²) in [5, 5.41) is 8.40. The molecule has 0 spiro atoms. The Morgan fingerprint density at radius 3 is 3.11 bits per heavy atom. The Balaban J connectivity index is 2.00. The van der Waals surface area contributed by atoms with Gasteiger partial charge >= 0.3 is 5.97 Å². The van der Waals surface area contributed by atoms with Gasteiger partial charge in [0, 0.05) is 6.54 Å². The first-order chi connectivity index (χ1) is 9.22. The van der Waals surface area contributed by atoms with Crippen LogP contribution >= 0.6 is 11.3 Å². The minimum absolute atomic E-state index is 0.0223. The van der Waals surface area contributed by atoms with E-state index in [-0.39, 0.29) is 17.8 Å². The minimum atomic E-state index is -0.388. The van der Waals surface area contributed by atoms with E-state index in [0.29, 0.717) is 23.7 Å². The van der Waals surface area contributed by atoms with Gasteiger partial charge in [0.15, 0.2) is 0 Å². The predicted octanol–water partition coefficient (Wildman–Crippen LogP) is 1.86. The highest BCUT2D eigenvalue weighted by atomic mass is 32.1. The van der Waals surface area contributed by atoms with E-state index in [1.807, 2.05) is 0 Å². The van der Waals surface area contributed by atoms with E-state index in [2.05, 4.69) is 10.6 Å². The standard InChI is InChI=1S/C13H18N2O3S/c1-2-18-13(17)10-5-7-19-12(10)15-11(16)9-4-3-6-14-8-9/h5,7,9,14H,2-4,6,8H2,1H3,(H,15,16)/t9-/m0/s1. The normalized spacial score (nSPS) is 18.9. The van der Waals surface area contributed by atoms with E-state index in [0.717, 1.165) is 19.4 Å². The number of amides is 1. The molecule has 104 valence electrons. The molecule has 19 heavy (non-hydrogen) atoms.